The Morgan fingerprint density at radius 1 is 1.09 bits per heavy atom. The van der Waals surface area contributed by atoms with Crippen LogP contribution in [0.4, 0.5) is 0 Å². The second-order valence-electron chi connectivity index (χ2n) is 8.33. The number of nitrogens with zero attached hydrogens (tertiary/aromatic N) is 3. The molecule has 2 heterocycles. The predicted octanol–water partition coefficient (Wildman–Crippen LogP) is 3.99. The lowest BCUT2D eigenvalue weighted by atomic mass is 9.97. The van der Waals surface area contributed by atoms with E-state index < -0.39 is 0 Å². The smallest absolute Gasteiger partial charge is 0.246 e. The zero-order chi connectivity index (χ0) is 23.0. The van der Waals surface area contributed by atoms with Crippen LogP contribution in [0.5, 0.6) is 0 Å². The summed E-state index contributed by atoms with van der Waals surface area (Å²) < 4.78 is 1.91. The third-order valence-corrected chi connectivity index (χ3v) is 5.88. The van der Waals surface area contributed by atoms with Crippen LogP contribution in [0.2, 0.25) is 0 Å². The maximum Gasteiger partial charge on any atom is 0.246 e. The molecule has 1 aliphatic heterocycles. The van der Waals surface area contributed by atoms with Gasteiger partial charge in [0.15, 0.2) is 0 Å². The quantitative estimate of drug-likeness (QED) is 0.563. The second kappa shape index (κ2) is 10.8. The van der Waals surface area contributed by atoms with E-state index in [1.807, 2.05) is 72.4 Å². The summed E-state index contributed by atoms with van der Waals surface area (Å²) >= 11 is 0. The van der Waals surface area contributed by atoms with Crippen molar-refractivity contribution in [3.8, 4) is 11.3 Å². The Labute approximate surface area is 194 Å². The molecule has 6 heteroatoms. The van der Waals surface area contributed by atoms with Gasteiger partial charge in [0.2, 0.25) is 11.8 Å². The van der Waals surface area contributed by atoms with Gasteiger partial charge in [0.1, 0.15) is 0 Å². The van der Waals surface area contributed by atoms with Gasteiger partial charge in [-0.25, -0.2) is 0 Å². The highest BCUT2D eigenvalue weighted by molar-refractivity contribution is 5.93. The van der Waals surface area contributed by atoms with E-state index in [9.17, 15) is 9.59 Å². The van der Waals surface area contributed by atoms with Gasteiger partial charge in [-0.1, -0.05) is 60.7 Å². The van der Waals surface area contributed by atoms with E-state index in [2.05, 4.69) is 17.4 Å². The molecule has 3 aromatic rings. The van der Waals surface area contributed by atoms with Gasteiger partial charge in [0.25, 0.3) is 0 Å². The lowest BCUT2D eigenvalue weighted by molar-refractivity contribution is -0.132. The third-order valence-electron chi connectivity index (χ3n) is 5.88. The minimum Gasteiger partial charge on any atom is -0.356 e. The molecule has 4 rings (SSSR count). The summed E-state index contributed by atoms with van der Waals surface area (Å²) in [6, 6.07) is 20.2. The maximum atomic E-state index is 12.9. The summed E-state index contributed by atoms with van der Waals surface area (Å²) in [5, 5.41) is 7.68. The fourth-order valence-electron chi connectivity index (χ4n) is 4.21. The average Bonchev–Trinajstić information content (AvgIpc) is 3.26. The first-order valence-electron chi connectivity index (χ1n) is 11.6. The molecule has 1 atom stereocenters. The van der Waals surface area contributed by atoms with Crippen LogP contribution in [0.25, 0.3) is 17.3 Å². The minimum absolute atomic E-state index is 0.0348. The predicted molar refractivity (Wildman–Crippen MR) is 130 cm³/mol. The number of piperidine rings is 1. The topological polar surface area (TPSA) is 67.2 Å². The molecule has 1 saturated heterocycles. The third kappa shape index (κ3) is 5.77. The Bertz CT molecular complexity index is 1110. The van der Waals surface area contributed by atoms with Gasteiger partial charge < -0.3 is 10.2 Å². The first-order valence-corrected chi connectivity index (χ1v) is 11.6. The normalized spacial score (nSPS) is 16.2. The van der Waals surface area contributed by atoms with Crippen molar-refractivity contribution in [3.63, 3.8) is 0 Å². The molecule has 0 saturated carbocycles. The zero-order valence-corrected chi connectivity index (χ0v) is 19.0. The molecule has 2 aromatic carbocycles. The molecule has 1 aromatic heterocycles. The summed E-state index contributed by atoms with van der Waals surface area (Å²) in [5.41, 5.74) is 3.90. The molecule has 1 aliphatic rings. The Morgan fingerprint density at radius 3 is 2.55 bits per heavy atom. The van der Waals surface area contributed by atoms with Crippen LogP contribution in [0.15, 0.2) is 72.9 Å². The van der Waals surface area contributed by atoms with Crippen molar-refractivity contribution in [2.24, 2.45) is 5.92 Å². The van der Waals surface area contributed by atoms with Crippen LogP contribution in [-0.4, -0.2) is 46.1 Å². The number of hydrogen-bond donors (Lipinski definition) is 1. The van der Waals surface area contributed by atoms with Crippen molar-refractivity contribution in [3.05, 3.63) is 84.1 Å². The van der Waals surface area contributed by atoms with Crippen LogP contribution in [0, 0.1) is 5.92 Å². The number of aromatic nitrogens is 2. The highest BCUT2D eigenvalue weighted by atomic mass is 16.2. The van der Waals surface area contributed by atoms with Crippen molar-refractivity contribution >= 4 is 17.9 Å². The summed E-state index contributed by atoms with van der Waals surface area (Å²) in [6.07, 6.45) is 7.09. The number of carbonyl (C=O) groups excluding carboxylic acids is 2. The fraction of sp³-hybridized carbons (Fsp3) is 0.296. The van der Waals surface area contributed by atoms with E-state index in [4.69, 9.17) is 5.10 Å². The molecule has 1 fully saturated rings. The Balaban J connectivity index is 1.53. The van der Waals surface area contributed by atoms with Crippen molar-refractivity contribution in [2.75, 3.05) is 19.6 Å². The van der Waals surface area contributed by atoms with Crippen molar-refractivity contribution in [1.82, 2.24) is 20.0 Å². The van der Waals surface area contributed by atoms with E-state index >= 15 is 0 Å². The van der Waals surface area contributed by atoms with Gasteiger partial charge >= 0.3 is 0 Å². The number of nitrogens with one attached hydrogen (secondary N) is 1. The molecular formula is C27H30N4O2. The van der Waals surface area contributed by atoms with Crippen LogP contribution in [-0.2, 0) is 16.1 Å². The molecular weight excluding hydrogens is 412 g/mol. The van der Waals surface area contributed by atoms with Crippen molar-refractivity contribution in [1.29, 1.82) is 0 Å². The number of likely N-dealkylation sites (tertiary alicyclic amines) is 1. The molecule has 6 nitrogen and oxygen atoms in total. The van der Waals surface area contributed by atoms with E-state index in [0.29, 0.717) is 26.2 Å². The van der Waals surface area contributed by atoms with Gasteiger partial charge in [-0.2, -0.15) is 5.10 Å². The Morgan fingerprint density at radius 2 is 1.82 bits per heavy atom. The Kier molecular flexibility index (Phi) is 7.35. The number of rotatable bonds is 7. The first-order chi connectivity index (χ1) is 16.1. The molecule has 0 radical (unpaired) electrons. The first kappa shape index (κ1) is 22.5. The maximum absolute atomic E-state index is 12.9. The van der Waals surface area contributed by atoms with Crippen LogP contribution in [0.3, 0.4) is 0 Å². The van der Waals surface area contributed by atoms with Crippen LogP contribution in [0.1, 0.15) is 30.9 Å². The van der Waals surface area contributed by atoms with E-state index in [1.165, 1.54) is 0 Å². The summed E-state index contributed by atoms with van der Waals surface area (Å²) in [7, 11) is 0. The van der Waals surface area contributed by atoms with Crippen LogP contribution < -0.4 is 5.32 Å². The van der Waals surface area contributed by atoms with Crippen molar-refractivity contribution < 1.29 is 9.59 Å². The molecule has 0 spiro atoms. The summed E-state index contributed by atoms with van der Waals surface area (Å²) in [4.78, 5) is 26.9. The largest absolute Gasteiger partial charge is 0.356 e. The second-order valence-corrected chi connectivity index (χ2v) is 8.33. The van der Waals surface area contributed by atoms with Gasteiger partial charge in [-0.15, -0.1) is 0 Å². The highest BCUT2D eigenvalue weighted by Crippen LogP contribution is 2.24. The van der Waals surface area contributed by atoms with Gasteiger partial charge in [0, 0.05) is 43.0 Å². The lowest BCUT2D eigenvalue weighted by Crippen LogP contribution is -2.44. The van der Waals surface area contributed by atoms with E-state index in [-0.39, 0.29) is 17.7 Å². The van der Waals surface area contributed by atoms with Gasteiger partial charge in [0.05, 0.1) is 18.2 Å². The van der Waals surface area contributed by atoms with Gasteiger partial charge in [-0.3, -0.25) is 14.3 Å². The molecule has 1 N–H and O–H groups in total. The van der Waals surface area contributed by atoms with Crippen molar-refractivity contribution in [2.45, 2.75) is 26.3 Å². The standard InChI is InChI=1S/C27H30N4O2/c1-2-28-27(33)24-14-9-17-30(19-24)25(32)16-15-23-20-31(18-21-10-5-3-6-11-21)29-26(23)22-12-7-4-8-13-22/h3-8,10-13,15-16,20,24H,2,9,14,17-19H2,1H3,(H,28,33)/b16-15-/t24-/m1/s1. The number of carbonyl (C=O) groups is 2. The monoisotopic (exact) mass is 442 g/mol. The summed E-state index contributed by atoms with van der Waals surface area (Å²) in [5.74, 6) is -0.170. The summed E-state index contributed by atoms with van der Waals surface area (Å²) in [6.45, 7) is 4.32. The zero-order valence-electron chi connectivity index (χ0n) is 19.0. The number of hydrogen-bond acceptors (Lipinski definition) is 3. The Hall–Kier alpha value is -3.67. The molecule has 33 heavy (non-hydrogen) atoms. The average molecular weight is 443 g/mol. The fourth-order valence-corrected chi connectivity index (χ4v) is 4.21. The number of amides is 2. The lowest BCUT2D eigenvalue weighted by Gasteiger charge is -2.31. The molecule has 0 aliphatic carbocycles. The molecule has 0 unspecified atom stereocenters. The molecule has 2 amide bonds. The van der Waals surface area contributed by atoms with Gasteiger partial charge in [-0.05, 0) is 31.4 Å². The highest BCUT2D eigenvalue weighted by Gasteiger charge is 2.27. The van der Waals surface area contributed by atoms with E-state index in [1.54, 1.807) is 11.0 Å². The molecule has 0 bridgehead atoms. The molecule has 170 valence electrons. The van der Waals surface area contributed by atoms with Crippen LogP contribution >= 0.6 is 0 Å². The SMILES string of the molecule is CCNC(=O)[C@@H]1CCCN(C(=O)/C=C\c2cn(Cc3ccccc3)nc2-c2ccccc2)C1. The number of benzene rings is 2. The van der Waals surface area contributed by atoms with E-state index in [0.717, 1.165) is 35.2 Å². The minimum atomic E-state index is -0.135.